The van der Waals surface area contributed by atoms with Crippen molar-refractivity contribution in [3.63, 3.8) is 0 Å². The summed E-state index contributed by atoms with van der Waals surface area (Å²) in [7, 11) is -1.04. The Labute approximate surface area is 108 Å². The molecule has 2 nitrogen and oxygen atoms in total. The predicted octanol–water partition coefficient (Wildman–Crippen LogP) is 3.69. The Balaban J connectivity index is 1.77. The summed E-state index contributed by atoms with van der Waals surface area (Å²) in [6.07, 6.45) is 9.61. The first-order valence-electron chi connectivity index (χ1n) is 7.46. The molecule has 0 unspecified atom stereocenters. The first-order chi connectivity index (χ1) is 8.18. The van der Waals surface area contributed by atoms with E-state index in [1.165, 1.54) is 69.8 Å². The molecule has 1 aliphatic heterocycles. The predicted molar refractivity (Wildman–Crippen MR) is 78.5 cm³/mol. The van der Waals surface area contributed by atoms with E-state index in [2.05, 4.69) is 17.7 Å². The molecule has 17 heavy (non-hydrogen) atoms. The van der Waals surface area contributed by atoms with Gasteiger partial charge in [-0.05, 0) is 44.7 Å². The smallest absolute Gasteiger partial charge is 0.122 e. The van der Waals surface area contributed by atoms with Crippen LogP contribution in [-0.4, -0.2) is 38.1 Å². The van der Waals surface area contributed by atoms with Gasteiger partial charge in [0, 0.05) is 12.3 Å². The minimum absolute atomic E-state index is 1.04. The lowest BCUT2D eigenvalue weighted by molar-refractivity contribution is 0.391. The van der Waals surface area contributed by atoms with Crippen molar-refractivity contribution in [3.05, 3.63) is 0 Å². The van der Waals surface area contributed by atoms with Crippen LogP contribution in [0.1, 0.15) is 44.9 Å². The van der Waals surface area contributed by atoms with Crippen LogP contribution in [0.5, 0.6) is 0 Å². The van der Waals surface area contributed by atoms with Gasteiger partial charge in [-0.3, -0.25) is 4.99 Å². The largest absolute Gasteiger partial charge is 0.322 e. The Bertz CT molecular complexity index is 265. The van der Waals surface area contributed by atoms with Gasteiger partial charge in [0.1, 0.15) is 8.24 Å². The molecular formula is C14H28N2Si. The monoisotopic (exact) mass is 252 g/mol. The Hall–Kier alpha value is -0.153. The fourth-order valence-corrected chi connectivity index (χ4v) is 6.08. The fraction of sp³-hybridized carbons (Fsp3) is 0.929. The van der Waals surface area contributed by atoms with Crippen molar-refractivity contribution in [3.8, 4) is 0 Å². The molecule has 0 radical (unpaired) electrons. The van der Waals surface area contributed by atoms with E-state index in [1.807, 2.05) is 0 Å². The van der Waals surface area contributed by atoms with Crippen molar-refractivity contribution < 1.29 is 0 Å². The molecule has 0 aromatic carbocycles. The summed E-state index contributed by atoms with van der Waals surface area (Å²) in [5.41, 5.74) is 1.51. The number of rotatable bonds is 3. The highest BCUT2D eigenvalue weighted by molar-refractivity contribution is 6.74. The zero-order chi connectivity index (χ0) is 12.1. The normalized spacial score (nSPS) is 25.9. The zero-order valence-corrected chi connectivity index (χ0v) is 12.7. The van der Waals surface area contributed by atoms with Crippen LogP contribution in [0.3, 0.4) is 0 Å². The highest BCUT2D eigenvalue weighted by Gasteiger charge is 2.31. The third-order valence-corrected chi connectivity index (χ3v) is 8.20. The number of hydrogen-bond donors (Lipinski definition) is 0. The summed E-state index contributed by atoms with van der Waals surface area (Å²) < 4.78 is 2.78. The average molecular weight is 252 g/mol. The molecule has 0 bridgehead atoms. The molecule has 0 aromatic heterocycles. The van der Waals surface area contributed by atoms with Crippen molar-refractivity contribution in [2.45, 2.75) is 64.1 Å². The first kappa shape index (κ1) is 13.3. The Morgan fingerprint density at radius 3 is 2.53 bits per heavy atom. The van der Waals surface area contributed by atoms with Crippen LogP contribution in [0.25, 0.3) is 0 Å². The van der Waals surface area contributed by atoms with E-state index in [1.54, 1.807) is 0 Å². The third kappa shape index (κ3) is 3.92. The molecule has 0 aromatic rings. The minimum atomic E-state index is -1.04. The molecular weight excluding hydrogens is 224 g/mol. The maximum atomic E-state index is 4.84. The summed E-state index contributed by atoms with van der Waals surface area (Å²) in [6.45, 7) is 8.68. The van der Waals surface area contributed by atoms with Crippen LogP contribution in [0.2, 0.25) is 19.1 Å². The van der Waals surface area contributed by atoms with Gasteiger partial charge in [-0.15, -0.1) is 0 Å². The summed E-state index contributed by atoms with van der Waals surface area (Å²) >= 11 is 0. The van der Waals surface area contributed by atoms with Crippen LogP contribution in [-0.2, 0) is 0 Å². The highest BCUT2D eigenvalue weighted by Crippen LogP contribution is 2.24. The van der Waals surface area contributed by atoms with Crippen molar-refractivity contribution in [2.24, 2.45) is 4.99 Å². The molecule has 0 N–H and O–H groups in total. The van der Waals surface area contributed by atoms with Gasteiger partial charge in [0.2, 0.25) is 0 Å². The van der Waals surface area contributed by atoms with Gasteiger partial charge < -0.3 is 4.57 Å². The van der Waals surface area contributed by atoms with E-state index in [-0.39, 0.29) is 0 Å². The number of aliphatic imine (C=N–C) groups is 1. The van der Waals surface area contributed by atoms with E-state index < -0.39 is 8.24 Å². The maximum absolute atomic E-state index is 4.84. The van der Waals surface area contributed by atoms with Gasteiger partial charge in [-0.2, -0.15) is 0 Å². The molecule has 0 amide bonds. The number of nitrogens with zero attached hydrogens (tertiary/aromatic N) is 2. The van der Waals surface area contributed by atoms with E-state index in [9.17, 15) is 0 Å². The molecule has 2 aliphatic rings. The molecule has 0 spiro atoms. The Morgan fingerprint density at radius 1 is 1.06 bits per heavy atom. The first-order valence-corrected chi connectivity index (χ1v) is 10.6. The zero-order valence-electron chi connectivity index (χ0n) is 11.7. The van der Waals surface area contributed by atoms with Gasteiger partial charge >= 0.3 is 0 Å². The van der Waals surface area contributed by atoms with Crippen molar-refractivity contribution in [1.29, 1.82) is 0 Å². The maximum Gasteiger partial charge on any atom is 0.122 e. The van der Waals surface area contributed by atoms with E-state index in [4.69, 9.17) is 4.99 Å². The highest BCUT2D eigenvalue weighted by atomic mass is 28.3. The fourth-order valence-electron chi connectivity index (χ4n) is 3.18. The van der Waals surface area contributed by atoms with Gasteiger partial charge in [-0.25, -0.2) is 0 Å². The average Bonchev–Trinajstić information content (AvgIpc) is 2.32. The topological polar surface area (TPSA) is 15.6 Å². The second kappa shape index (κ2) is 6.14. The van der Waals surface area contributed by atoms with Gasteiger partial charge in [0.15, 0.2) is 0 Å². The lowest BCUT2D eigenvalue weighted by Crippen LogP contribution is -2.52. The van der Waals surface area contributed by atoms with E-state index >= 15 is 0 Å². The van der Waals surface area contributed by atoms with E-state index in [0.717, 1.165) is 6.54 Å². The lowest BCUT2D eigenvalue weighted by Gasteiger charge is -2.40. The second-order valence-electron chi connectivity index (χ2n) is 6.27. The minimum Gasteiger partial charge on any atom is -0.322 e. The van der Waals surface area contributed by atoms with Crippen LogP contribution >= 0.6 is 0 Å². The van der Waals surface area contributed by atoms with Crippen molar-refractivity contribution in [2.75, 3.05) is 19.6 Å². The summed E-state index contributed by atoms with van der Waals surface area (Å²) in [5.74, 6) is 0. The van der Waals surface area contributed by atoms with E-state index in [0.29, 0.717) is 0 Å². The Morgan fingerprint density at radius 2 is 1.82 bits per heavy atom. The standard InChI is InChI=1S/C14H28N2Si/c1-17(2)13-7-6-11-16(17)12-10-15-14-8-4-3-5-9-14/h3-13H2,1-2H3. The summed E-state index contributed by atoms with van der Waals surface area (Å²) in [6, 6.07) is 1.49. The summed E-state index contributed by atoms with van der Waals surface area (Å²) in [4.78, 5) is 4.84. The molecule has 1 saturated carbocycles. The van der Waals surface area contributed by atoms with Gasteiger partial charge in [0.25, 0.3) is 0 Å². The van der Waals surface area contributed by atoms with Gasteiger partial charge in [-0.1, -0.05) is 25.9 Å². The SMILES string of the molecule is C[Si]1(C)CCCCN1CCN=C1CCCCC1. The molecule has 0 atom stereocenters. The van der Waals surface area contributed by atoms with Gasteiger partial charge in [0.05, 0.1) is 6.54 Å². The molecule has 1 heterocycles. The molecule has 1 aliphatic carbocycles. The quantitative estimate of drug-likeness (QED) is 0.699. The molecule has 2 fully saturated rings. The van der Waals surface area contributed by atoms with Crippen molar-refractivity contribution >= 4 is 13.9 Å². The molecule has 98 valence electrons. The van der Waals surface area contributed by atoms with Crippen LogP contribution in [0, 0.1) is 0 Å². The van der Waals surface area contributed by atoms with Crippen LogP contribution in [0.4, 0.5) is 0 Å². The van der Waals surface area contributed by atoms with Crippen LogP contribution in [0.15, 0.2) is 4.99 Å². The molecule has 3 heteroatoms. The molecule has 1 saturated heterocycles. The van der Waals surface area contributed by atoms with Crippen LogP contribution < -0.4 is 0 Å². The third-order valence-electron chi connectivity index (χ3n) is 4.46. The van der Waals surface area contributed by atoms with Crippen molar-refractivity contribution in [1.82, 2.24) is 4.57 Å². The molecule has 2 rings (SSSR count). The number of hydrogen-bond acceptors (Lipinski definition) is 2. The second-order valence-corrected chi connectivity index (χ2v) is 11.0. The lowest BCUT2D eigenvalue weighted by atomic mass is 9.99. The Kier molecular flexibility index (Phi) is 4.80. The summed E-state index contributed by atoms with van der Waals surface area (Å²) in [5, 5.41) is 0.